The molecule has 0 aromatic heterocycles. The van der Waals surface area contributed by atoms with Crippen molar-refractivity contribution >= 4 is 0 Å². The zero-order chi connectivity index (χ0) is 45.8. The molecule has 0 atom stereocenters. The van der Waals surface area contributed by atoms with Gasteiger partial charge in [-0.1, -0.05) is 257 Å². The highest BCUT2D eigenvalue weighted by atomic mass is 14.3. The van der Waals surface area contributed by atoms with E-state index in [1.165, 1.54) is 72.0 Å². The second-order valence-corrected chi connectivity index (χ2v) is 13.3. The van der Waals surface area contributed by atoms with Crippen LogP contribution >= 0.6 is 0 Å². The Morgan fingerprint density at radius 3 is 0.857 bits per heavy atom. The van der Waals surface area contributed by atoms with Gasteiger partial charge in [-0.25, -0.2) is 0 Å². The zero-order valence-corrected chi connectivity index (χ0v) is 43.3. The maximum atomic E-state index is 2.37. The minimum atomic E-state index is 0.291. The predicted molar refractivity (Wildman–Crippen MR) is 272 cm³/mol. The number of rotatable bonds is 10. The van der Waals surface area contributed by atoms with Crippen LogP contribution in [0.15, 0.2) is 130 Å². The maximum Gasteiger partial charge on any atom is -0.0104 e. The molecule has 56 heavy (non-hydrogen) atoms. The molecule has 0 radical (unpaired) electrons. The Labute approximate surface area is 357 Å². The molecule has 0 bridgehead atoms. The van der Waals surface area contributed by atoms with Gasteiger partial charge in [0.25, 0.3) is 0 Å². The van der Waals surface area contributed by atoms with Gasteiger partial charge in [0.15, 0.2) is 0 Å². The van der Waals surface area contributed by atoms with Gasteiger partial charge >= 0.3 is 0 Å². The molecule has 328 valence electrons. The van der Waals surface area contributed by atoms with Gasteiger partial charge < -0.3 is 0 Å². The van der Waals surface area contributed by atoms with Gasteiger partial charge in [0, 0.05) is 0 Å². The van der Waals surface area contributed by atoms with Crippen LogP contribution in [0.5, 0.6) is 0 Å². The van der Waals surface area contributed by atoms with Gasteiger partial charge in [-0.3, -0.25) is 0 Å². The summed E-state index contributed by atoms with van der Waals surface area (Å²) in [4.78, 5) is 0. The van der Waals surface area contributed by atoms with Crippen LogP contribution in [0, 0.1) is 10.8 Å². The fourth-order valence-electron chi connectivity index (χ4n) is 5.79. The van der Waals surface area contributed by atoms with Crippen molar-refractivity contribution in [2.24, 2.45) is 10.8 Å². The van der Waals surface area contributed by atoms with Gasteiger partial charge in [0.1, 0.15) is 0 Å². The third-order valence-electron chi connectivity index (χ3n) is 8.38. The van der Waals surface area contributed by atoms with Gasteiger partial charge in [-0.05, 0) is 102 Å². The van der Waals surface area contributed by atoms with Crippen LogP contribution in [-0.2, 0) is 0 Å². The first-order valence-electron chi connectivity index (χ1n) is 23.3. The van der Waals surface area contributed by atoms with Crippen molar-refractivity contribution in [2.45, 2.75) is 219 Å². The number of allylic oxidation sites excluding steroid dienone is 22. The van der Waals surface area contributed by atoms with E-state index in [1.807, 2.05) is 111 Å². The second-order valence-electron chi connectivity index (χ2n) is 13.3. The molecule has 0 spiro atoms. The molecule has 0 aromatic carbocycles. The molecule has 0 fully saturated rings. The Kier molecular flexibility index (Phi) is 58.5. The summed E-state index contributed by atoms with van der Waals surface area (Å²) < 4.78 is 0. The Hall–Kier alpha value is -2.86. The molecule has 0 saturated heterocycles. The van der Waals surface area contributed by atoms with Crippen molar-refractivity contribution in [3.63, 3.8) is 0 Å². The van der Waals surface area contributed by atoms with E-state index in [4.69, 9.17) is 0 Å². The molecule has 0 heteroatoms. The highest BCUT2D eigenvalue weighted by Gasteiger charge is 2.27. The second kappa shape index (κ2) is 48.3. The third-order valence-corrected chi connectivity index (χ3v) is 8.38. The van der Waals surface area contributed by atoms with Crippen LogP contribution in [-0.4, -0.2) is 0 Å². The molecule has 0 aromatic rings. The summed E-state index contributed by atoms with van der Waals surface area (Å²) in [6.45, 7) is 54.7. The normalized spacial score (nSPS) is 16.5. The lowest BCUT2D eigenvalue weighted by Crippen LogP contribution is -2.19. The van der Waals surface area contributed by atoms with Crippen LogP contribution < -0.4 is 0 Å². The summed E-state index contributed by atoms with van der Waals surface area (Å²) in [6, 6.07) is 0. The van der Waals surface area contributed by atoms with E-state index in [-0.39, 0.29) is 0 Å². The van der Waals surface area contributed by atoms with Crippen molar-refractivity contribution in [3.05, 3.63) is 130 Å². The van der Waals surface area contributed by atoms with Gasteiger partial charge in [-0.15, -0.1) is 0 Å². The summed E-state index contributed by atoms with van der Waals surface area (Å²) in [6.07, 6.45) is 38.4. The fourth-order valence-corrected chi connectivity index (χ4v) is 5.79. The summed E-state index contributed by atoms with van der Waals surface area (Å²) >= 11 is 0. The van der Waals surface area contributed by atoms with Crippen molar-refractivity contribution in [3.8, 4) is 0 Å². The van der Waals surface area contributed by atoms with E-state index < -0.39 is 0 Å². The Balaban J connectivity index is -0.000000266. The molecule has 0 aliphatic heterocycles. The monoisotopic (exact) mass is 777 g/mol. The third kappa shape index (κ3) is 35.5. The molecule has 0 amide bonds. The van der Waals surface area contributed by atoms with Gasteiger partial charge in [0.2, 0.25) is 0 Å². The minimum Gasteiger partial charge on any atom is -0.0696 e. The summed E-state index contributed by atoms with van der Waals surface area (Å²) in [7, 11) is 0. The van der Waals surface area contributed by atoms with Crippen LogP contribution in [0.3, 0.4) is 0 Å². The van der Waals surface area contributed by atoms with Crippen LogP contribution in [0.2, 0.25) is 0 Å². The lowest BCUT2D eigenvalue weighted by Gasteiger charge is -2.33. The molecule has 0 heterocycles. The SMILES string of the molecule is CC.CC.CC.CC.CC.CC.CC.CC.CC1=C(/C=C/C(C)=C/C=C/C(C)=C/C=C/C=C(C)/C=C/C=C(C)/C=C/C2=C(C)CCCC2(C)C)C(C)(C)CCC1. The summed E-state index contributed by atoms with van der Waals surface area (Å²) in [5, 5.41) is 0. The van der Waals surface area contributed by atoms with E-state index in [0.717, 1.165) is 0 Å². The standard InChI is InChI=1S/C40H56.8C2H6/c1-31(19-13-21-33(3)25-27-37-35(5)23-15-29-39(37,7)8)17-11-12-18-32(2)20-14-22-34(4)26-28-38-36(6)24-16-30-40(38,9)10;8*1-2/h11-14,17-22,25-28H,15-16,23-24,29-30H2,1-10H3;8*1-2H3/b12-11+,19-13+,20-14+,27-25+,28-26+,31-17+,32-18+,33-21+,34-22+;;;;;;;;. The molecule has 0 unspecified atom stereocenters. The molecule has 0 saturated carbocycles. The van der Waals surface area contributed by atoms with Crippen LogP contribution in [0.25, 0.3) is 0 Å². The average Bonchev–Trinajstić information content (AvgIpc) is 3.22. The first kappa shape index (κ1) is 67.9. The minimum absolute atomic E-state index is 0.291. The molecule has 0 N–H and O–H groups in total. The maximum absolute atomic E-state index is 2.37. The molecule has 2 rings (SSSR count). The van der Waals surface area contributed by atoms with Crippen molar-refractivity contribution in [1.82, 2.24) is 0 Å². The number of hydrogen-bond donors (Lipinski definition) is 0. The van der Waals surface area contributed by atoms with E-state index in [2.05, 4.69) is 154 Å². The van der Waals surface area contributed by atoms with Gasteiger partial charge in [0.05, 0.1) is 0 Å². The molecule has 2 aliphatic rings. The Morgan fingerprint density at radius 1 is 0.375 bits per heavy atom. The highest BCUT2D eigenvalue weighted by molar-refractivity contribution is 5.39. The molecule has 0 nitrogen and oxygen atoms in total. The molecule has 2 aliphatic carbocycles. The quantitative estimate of drug-likeness (QED) is 0.194. The van der Waals surface area contributed by atoms with E-state index in [1.54, 1.807) is 11.1 Å². The van der Waals surface area contributed by atoms with Crippen molar-refractivity contribution in [1.29, 1.82) is 0 Å². The van der Waals surface area contributed by atoms with E-state index in [9.17, 15) is 0 Å². The largest absolute Gasteiger partial charge is 0.0696 e. The molecular weight excluding hydrogens is 673 g/mol. The highest BCUT2D eigenvalue weighted by Crippen LogP contribution is 2.41. The predicted octanol–water partition coefficient (Wildman–Crippen LogP) is 20.8. The molecular formula is C56H104. The van der Waals surface area contributed by atoms with E-state index in [0.29, 0.717) is 10.8 Å². The number of hydrogen-bond acceptors (Lipinski definition) is 0. The van der Waals surface area contributed by atoms with Crippen molar-refractivity contribution < 1.29 is 0 Å². The zero-order valence-electron chi connectivity index (χ0n) is 43.3. The first-order chi connectivity index (χ1) is 26.8. The fraction of sp³-hybridized carbons (Fsp3) is 0.607. The topological polar surface area (TPSA) is 0 Å². The Morgan fingerprint density at radius 2 is 0.607 bits per heavy atom. The lowest BCUT2D eigenvalue weighted by atomic mass is 9.72. The average molecular weight is 777 g/mol. The Bertz CT molecular complexity index is 1120. The smallest absolute Gasteiger partial charge is 0.0104 e. The van der Waals surface area contributed by atoms with Gasteiger partial charge in [-0.2, -0.15) is 0 Å². The first-order valence-corrected chi connectivity index (χ1v) is 23.3. The summed E-state index contributed by atoms with van der Waals surface area (Å²) in [5.41, 5.74) is 11.7. The van der Waals surface area contributed by atoms with Crippen LogP contribution in [0.4, 0.5) is 0 Å². The lowest BCUT2D eigenvalue weighted by molar-refractivity contribution is 0.376. The summed E-state index contributed by atoms with van der Waals surface area (Å²) in [5.74, 6) is 0. The van der Waals surface area contributed by atoms with Crippen molar-refractivity contribution in [2.75, 3.05) is 0 Å². The van der Waals surface area contributed by atoms with Crippen LogP contribution in [0.1, 0.15) is 219 Å². The van der Waals surface area contributed by atoms with E-state index >= 15 is 0 Å².